The summed E-state index contributed by atoms with van der Waals surface area (Å²) < 4.78 is 92.5. The summed E-state index contributed by atoms with van der Waals surface area (Å²) in [7, 11) is 1.31. The maximum atomic E-state index is 12.9. The molecule has 0 radical (unpaired) electrons. The van der Waals surface area contributed by atoms with Crippen molar-refractivity contribution < 1.29 is 50.1 Å². The van der Waals surface area contributed by atoms with Gasteiger partial charge in [0, 0.05) is 6.42 Å². The Morgan fingerprint density at radius 2 is 1.41 bits per heavy atom. The number of carbonyl (C=O) groups excluding carboxylic acids is 2. The largest absolute Gasteiger partial charge is 0.493 e. The first-order valence-electron chi connectivity index (χ1n) is 9.15. The Hall–Kier alpha value is -3.24. The quantitative estimate of drug-likeness (QED) is 0.315. The monoisotopic (exact) mass is 464 g/mol. The van der Waals surface area contributed by atoms with E-state index in [2.05, 4.69) is 0 Å². The zero-order valence-corrected chi connectivity index (χ0v) is 16.9. The summed E-state index contributed by atoms with van der Waals surface area (Å²) in [4.78, 5) is 23.5. The Morgan fingerprint density at radius 3 is 1.91 bits per heavy atom. The van der Waals surface area contributed by atoms with Crippen molar-refractivity contribution in [2.24, 2.45) is 0 Å². The van der Waals surface area contributed by atoms with E-state index < -0.39 is 47.6 Å². The molecule has 2 aromatic rings. The van der Waals surface area contributed by atoms with Gasteiger partial charge in [0.05, 0.1) is 24.7 Å². The molecule has 0 aromatic heterocycles. The van der Waals surface area contributed by atoms with Crippen LogP contribution in [0.3, 0.4) is 0 Å². The van der Waals surface area contributed by atoms with Crippen LogP contribution >= 0.6 is 0 Å². The highest BCUT2D eigenvalue weighted by atomic mass is 19.4. The second kappa shape index (κ2) is 9.92. The van der Waals surface area contributed by atoms with Crippen LogP contribution < -0.4 is 9.47 Å². The van der Waals surface area contributed by atoms with Crippen molar-refractivity contribution in [2.75, 3.05) is 7.11 Å². The van der Waals surface area contributed by atoms with Crippen molar-refractivity contribution in [1.29, 1.82) is 0 Å². The molecule has 0 amide bonds. The van der Waals surface area contributed by atoms with Crippen LogP contribution in [0.4, 0.5) is 26.3 Å². The normalized spacial score (nSPS) is 11.8. The van der Waals surface area contributed by atoms with Crippen LogP contribution in [0.15, 0.2) is 36.4 Å². The first-order valence-corrected chi connectivity index (χ1v) is 9.15. The third-order valence-electron chi connectivity index (χ3n) is 4.14. The molecule has 2 rings (SSSR count). The number of hydrogen-bond donors (Lipinski definition) is 0. The maximum Gasteiger partial charge on any atom is 0.416 e. The molecule has 0 bridgehead atoms. The molecule has 2 aromatic carbocycles. The van der Waals surface area contributed by atoms with E-state index in [0.29, 0.717) is 17.7 Å². The van der Waals surface area contributed by atoms with E-state index in [1.54, 1.807) is 6.92 Å². The van der Waals surface area contributed by atoms with Crippen molar-refractivity contribution in [3.05, 3.63) is 58.7 Å². The Bertz CT molecular complexity index is 949. The zero-order valence-electron chi connectivity index (χ0n) is 16.9. The average Bonchev–Trinajstić information content (AvgIpc) is 2.71. The summed E-state index contributed by atoms with van der Waals surface area (Å²) >= 11 is 0. The van der Waals surface area contributed by atoms with Crippen LogP contribution in [-0.2, 0) is 39.7 Å². The fraction of sp³-hybridized carbons (Fsp3) is 0.333. The first-order chi connectivity index (χ1) is 14.8. The number of rotatable bonds is 7. The molecule has 0 heterocycles. The van der Waals surface area contributed by atoms with Crippen LogP contribution in [0.25, 0.3) is 0 Å². The van der Waals surface area contributed by atoms with Crippen LogP contribution in [0.1, 0.15) is 35.6 Å². The smallest absolute Gasteiger partial charge is 0.416 e. The van der Waals surface area contributed by atoms with Gasteiger partial charge in [-0.1, -0.05) is 13.0 Å². The first kappa shape index (κ1) is 25.0. The number of carbonyl (C=O) groups is 2. The van der Waals surface area contributed by atoms with E-state index in [0.717, 1.165) is 0 Å². The fourth-order valence-electron chi connectivity index (χ4n) is 2.59. The Morgan fingerprint density at radius 1 is 0.812 bits per heavy atom. The lowest BCUT2D eigenvalue weighted by Crippen LogP contribution is -2.13. The molecule has 0 saturated carbocycles. The van der Waals surface area contributed by atoms with Crippen LogP contribution in [0.2, 0.25) is 0 Å². The molecular weight excluding hydrogens is 446 g/mol. The van der Waals surface area contributed by atoms with Crippen molar-refractivity contribution >= 4 is 11.9 Å². The van der Waals surface area contributed by atoms with Gasteiger partial charge >= 0.3 is 24.3 Å². The maximum absolute atomic E-state index is 12.9. The molecule has 0 saturated heterocycles. The van der Waals surface area contributed by atoms with Crippen molar-refractivity contribution in [1.82, 2.24) is 0 Å². The van der Waals surface area contributed by atoms with Gasteiger partial charge in [0.1, 0.15) is 6.61 Å². The van der Waals surface area contributed by atoms with Gasteiger partial charge in [0.25, 0.3) is 0 Å². The van der Waals surface area contributed by atoms with Crippen molar-refractivity contribution in [3.8, 4) is 11.5 Å². The molecule has 11 heteroatoms. The van der Waals surface area contributed by atoms with Gasteiger partial charge in [-0.15, -0.1) is 0 Å². The molecular formula is C21H18F6O5. The van der Waals surface area contributed by atoms with Gasteiger partial charge in [0.2, 0.25) is 0 Å². The van der Waals surface area contributed by atoms with E-state index in [9.17, 15) is 35.9 Å². The summed E-state index contributed by atoms with van der Waals surface area (Å²) in [6.45, 7) is 0.816. The highest BCUT2D eigenvalue weighted by Crippen LogP contribution is 2.36. The lowest BCUT2D eigenvalue weighted by Gasteiger charge is -2.14. The molecule has 0 N–H and O–H groups in total. The number of methoxy groups -OCH3 is 1. The SMILES string of the molecule is CCC(=O)Oc1ccc(CC(=O)OCc2cc(C(F)(F)F)cc(C(F)(F)F)c2)cc1OC. The van der Waals surface area contributed by atoms with E-state index in [4.69, 9.17) is 14.2 Å². The molecule has 32 heavy (non-hydrogen) atoms. The third-order valence-corrected chi connectivity index (χ3v) is 4.14. The molecule has 0 fully saturated rings. The summed E-state index contributed by atoms with van der Waals surface area (Å²) in [5.41, 5.74) is -3.09. The number of alkyl halides is 6. The van der Waals surface area contributed by atoms with E-state index in [1.807, 2.05) is 0 Å². The van der Waals surface area contributed by atoms with Gasteiger partial charge in [-0.25, -0.2) is 0 Å². The topological polar surface area (TPSA) is 61.8 Å². The predicted molar refractivity (Wildman–Crippen MR) is 98.9 cm³/mol. The zero-order chi connectivity index (χ0) is 24.1. The van der Waals surface area contributed by atoms with Crippen LogP contribution in [0.5, 0.6) is 11.5 Å². The molecule has 0 unspecified atom stereocenters. The fourth-order valence-corrected chi connectivity index (χ4v) is 2.59. The minimum atomic E-state index is -5.00. The highest BCUT2D eigenvalue weighted by molar-refractivity contribution is 5.74. The third kappa shape index (κ3) is 6.89. The lowest BCUT2D eigenvalue weighted by atomic mass is 10.1. The molecule has 0 atom stereocenters. The number of benzene rings is 2. The Balaban J connectivity index is 2.12. The summed E-state index contributed by atoms with van der Waals surface area (Å²) in [6.07, 6.45) is -10.2. The Labute approximate surface area is 178 Å². The standard InChI is InChI=1S/C21H18F6O5/c1-3-18(28)32-16-5-4-12(8-17(16)30-2)9-19(29)31-11-13-6-14(20(22,23)24)10-15(7-13)21(25,26)27/h4-8,10H,3,9,11H2,1-2H3. The molecule has 0 spiro atoms. The molecule has 0 aliphatic rings. The number of esters is 2. The van der Waals surface area contributed by atoms with Gasteiger partial charge in [-0.05, 0) is 41.5 Å². The lowest BCUT2D eigenvalue weighted by molar-refractivity contribution is -0.144. The summed E-state index contributed by atoms with van der Waals surface area (Å²) in [6, 6.07) is 5.19. The summed E-state index contributed by atoms with van der Waals surface area (Å²) in [5.74, 6) is -1.11. The van der Waals surface area contributed by atoms with Crippen molar-refractivity contribution in [2.45, 2.75) is 38.7 Å². The molecule has 0 aliphatic heterocycles. The predicted octanol–water partition coefficient (Wildman–Crippen LogP) is 5.33. The average molecular weight is 464 g/mol. The second-order valence-electron chi connectivity index (χ2n) is 6.56. The van der Waals surface area contributed by atoms with Gasteiger partial charge < -0.3 is 14.2 Å². The van der Waals surface area contributed by atoms with E-state index in [1.165, 1.54) is 25.3 Å². The van der Waals surface area contributed by atoms with E-state index >= 15 is 0 Å². The van der Waals surface area contributed by atoms with Gasteiger partial charge in [0.15, 0.2) is 11.5 Å². The second-order valence-corrected chi connectivity index (χ2v) is 6.56. The molecule has 174 valence electrons. The van der Waals surface area contributed by atoms with Gasteiger partial charge in [-0.3, -0.25) is 9.59 Å². The number of halogens is 6. The minimum Gasteiger partial charge on any atom is -0.493 e. The van der Waals surface area contributed by atoms with Gasteiger partial charge in [-0.2, -0.15) is 26.3 Å². The van der Waals surface area contributed by atoms with Crippen LogP contribution in [-0.4, -0.2) is 19.0 Å². The Kier molecular flexibility index (Phi) is 7.76. The summed E-state index contributed by atoms with van der Waals surface area (Å²) in [5, 5.41) is 0. The van der Waals surface area contributed by atoms with Crippen molar-refractivity contribution in [3.63, 3.8) is 0 Å². The molecule has 0 aliphatic carbocycles. The highest BCUT2D eigenvalue weighted by Gasteiger charge is 2.37. The number of ether oxygens (including phenoxy) is 3. The van der Waals surface area contributed by atoms with Crippen LogP contribution in [0, 0.1) is 0 Å². The molecule has 5 nitrogen and oxygen atoms in total. The van der Waals surface area contributed by atoms with E-state index in [-0.39, 0.29) is 30.4 Å². The minimum absolute atomic E-state index is 0.00942. The number of hydrogen-bond acceptors (Lipinski definition) is 5.